The number of ketones is 1. The summed E-state index contributed by atoms with van der Waals surface area (Å²) in [6, 6.07) is 14.4. The zero-order chi connectivity index (χ0) is 22.9. The summed E-state index contributed by atoms with van der Waals surface area (Å²) in [4.78, 5) is 25.0. The van der Waals surface area contributed by atoms with Gasteiger partial charge in [-0.1, -0.05) is 24.3 Å². The fraction of sp³-hybridized carbons (Fsp3) is 0.0833. The molecule has 32 heavy (non-hydrogen) atoms. The Kier molecular flexibility index (Phi) is 5.44. The predicted molar refractivity (Wildman–Crippen MR) is 111 cm³/mol. The molecular formula is C24H15F3O5. The van der Waals surface area contributed by atoms with Crippen molar-refractivity contribution in [2.24, 2.45) is 0 Å². The van der Waals surface area contributed by atoms with Crippen LogP contribution in [0.2, 0.25) is 0 Å². The third-order valence-electron chi connectivity index (χ3n) is 4.83. The second kappa shape index (κ2) is 8.22. The van der Waals surface area contributed by atoms with Gasteiger partial charge in [0, 0.05) is 11.6 Å². The van der Waals surface area contributed by atoms with Crippen molar-refractivity contribution in [3.05, 3.63) is 94.3 Å². The lowest BCUT2D eigenvalue weighted by Crippen LogP contribution is -2.12. The molecule has 162 valence electrons. The number of phenolic OH excluding ortho intramolecular Hbond substituents is 1. The molecule has 0 saturated carbocycles. The van der Waals surface area contributed by atoms with Crippen molar-refractivity contribution in [3.8, 4) is 22.6 Å². The highest BCUT2D eigenvalue weighted by Crippen LogP contribution is 2.29. The van der Waals surface area contributed by atoms with Crippen molar-refractivity contribution in [3.63, 3.8) is 0 Å². The van der Waals surface area contributed by atoms with Crippen LogP contribution in [0, 0.1) is 0 Å². The first-order valence-corrected chi connectivity index (χ1v) is 9.40. The Bertz CT molecular complexity index is 1340. The highest BCUT2D eigenvalue weighted by Gasteiger charge is 2.30. The number of hydrogen-bond donors (Lipinski definition) is 1. The summed E-state index contributed by atoms with van der Waals surface area (Å²) in [5.74, 6) is -0.159. The molecule has 0 radical (unpaired) electrons. The van der Waals surface area contributed by atoms with Gasteiger partial charge in [-0.3, -0.25) is 9.59 Å². The van der Waals surface area contributed by atoms with E-state index in [-0.39, 0.29) is 28.1 Å². The summed E-state index contributed by atoms with van der Waals surface area (Å²) in [5.41, 5.74) is 0.126. The minimum Gasteiger partial charge on any atom is -0.508 e. The molecule has 4 rings (SSSR count). The van der Waals surface area contributed by atoms with E-state index in [0.29, 0.717) is 16.5 Å². The van der Waals surface area contributed by atoms with Gasteiger partial charge in [-0.25, -0.2) is 0 Å². The molecule has 0 fully saturated rings. The first-order valence-electron chi connectivity index (χ1n) is 9.40. The molecule has 0 saturated heterocycles. The first kappa shape index (κ1) is 21.2. The summed E-state index contributed by atoms with van der Waals surface area (Å²) >= 11 is 0. The Morgan fingerprint density at radius 3 is 2.31 bits per heavy atom. The Hall–Kier alpha value is -4.07. The number of carbonyl (C=O) groups is 1. The number of halogens is 3. The maximum absolute atomic E-state index is 12.8. The summed E-state index contributed by atoms with van der Waals surface area (Å²) in [6.45, 7) is -0.396. The molecule has 1 N–H and O–H groups in total. The second-order valence-corrected chi connectivity index (χ2v) is 6.97. The van der Waals surface area contributed by atoms with E-state index >= 15 is 0 Å². The molecule has 1 heterocycles. The van der Waals surface area contributed by atoms with Gasteiger partial charge in [0.15, 0.2) is 17.8 Å². The number of Topliss-reactive ketones (excluding diaryl/α,β-unsaturated/α-hetero) is 1. The largest absolute Gasteiger partial charge is 0.508 e. The number of hydrogen-bond acceptors (Lipinski definition) is 5. The third-order valence-corrected chi connectivity index (χ3v) is 4.83. The lowest BCUT2D eigenvalue weighted by molar-refractivity contribution is -0.137. The molecule has 0 unspecified atom stereocenters. The van der Waals surface area contributed by atoms with Gasteiger partial charge < -0.3 is 14.3 Å². The lowest BCUT2D eigenvalue weighted by Gasteiger charge is -2.09. The number of fused-ring (bicyclic) bond motifs is 1. The third kappa shape index (κ3) is 4.34. The van der Waals surface area contributed by atoms with Crippen LogP contribution in [-0.2, 0) is 6.18 Å². The molecule has 0 aliphatic rings. The van der Waals surface area contributed by atoms with E-state index in [1.807, 2.05) is 0 Å². The number of aromatic hydroxyl groups is 1. The molecular weight excluding hydrogens is 425 g/mol. The number of rotatable bonds is 5. The maximum Gasteiger partial charge on any atom is 0.416 e. The number of benzene rings is 3. The summed E-state index contributed by atoms with van der Waals surface area (Å²) in [7, 11) is 0. The van der Waals surface area contributed by atoms with E-state index < -0.39 is 24.1 Å². The van der Waals surface area contributed by atoms with Gasteiger partial charge in [0.25, 0.3) is 0 Å². The zero-order valence-electron chi connectivity index (χ0n) is 16.3. The van der Waals surface area contributed by atoms with E-state index in [4.69, 9.17) is 9.15 Å². The van der Waals surface area contributed by atoms with Crippen molar-refractivity contribution in [2.75, 3.05) is 6.61 Å². The topological polar surface area (TPSA) is 76.7 Å². The van der Waals surface area contributed by atoms with Gasteiger partial charge in [-0.05, 0) is 42.0 Å². The van der Waals surface area contributed by atoms with Crippen LogP contribution in [0.3, 0.4) is 0 Å². The number of carbonyl (C=O) groups excluding carboxylic acids is 1. The van der Waals surface area contributed by atoms with Gasteiger partial charge in [-0.2, -0.15) is 13.2 Å². The van der Waals surface area contributed by atoms with Crippen LogP contribution >= 0.6 is 0 Å². The molecule has 0 bridgehead atoms. The van der Waals surface area contributed by atoms with E-state index in [0.717, 1.165) is 24.3 Å². The summed E-state index contributed by atoms with van der Waals surface area (Å²) in [5, 5.41) is 9.70. The van der Waals surface area contributed by atoms with Crippen LogP contribution < -0.4 is 10.2 Å². The van der Waals surface area contributed by atoms with E-state index in [1.165, 1.54) is 36.6 Å². The molecule has 0 aliphatic carbocycles. The van der Waals surface area contributed by atoms with Crippen LogP contribution in [0.4, 0.5) is 13.2 Å². The molecule has 0 atom stereocenters. The quantitative estimate of drug-likeness (QED) is 0.418. The minimum atomic E-state index is -4.48. The van der Waals surface area contributed by atoms with Crippen LogP contribution in [0.5, 0.6) is 11.5 Å². The fourth-order valence-electron chi connectivity index (χ4n) is 3.12. The monoisotopic (exact) mass is 440 g/mol. The van der Waals surface area contributed by atoms with Crippen LogP contribution in [0.25, 0.3) is 22.1 Å². The number of ether oxygens (including phenoxy) is 1. The molecule has 4 aromatic rings. The highest BCUT2D eigenvalue weighted by molar-refractivity contribution is 5.97. The van der Waals surface area contributed by atoms with Crippen LogP contribution in [0.15, 0.2) is 82.2 Å². The molecule has 0 aliphatic heterocycles. The number of phenols is 1. The standard InChI is InChI=1S/C24H15F3O5/c25-24(26,27)16-5-1-15(2-6-16)21(29)13-31-18-9-10-19-22(11-18)32-12-20(23(19)30)14-3-7-17(28)8-4-14/h1-12,28H,13H2. The lowest BCUT2D eigenvalue weighted by atomic mass is 10.1. The Labute approximate surface area is 179 Å². The molecule has 0 spiro atoms. The molecule has 0 amide bonds. The van der Waals surface area contributed by atoms with Crippen LogP contribution in [0.1, 0.15) is 15.9 Å². The van der Waals surface area contributed by atoms with Gasteiger partial charge in [0.1, 0.15) is 23.3 Å². The second-order valence-electron chi connectivity index (χ2n) is 6.97. The zero-order valence-corrected chi connectivity index (χ0v) is 16.3. The molecule has 5 nitrogen and oxygen atoms in total. The minimum absolute atomic E-state index is 0.0755. The van der Waals surface area contributed by atoms with Crippen molar-refractivity contribution in [1.29, 1.82) is 0 Å². The Morgan fingerprint density at radius 2 is 1.66 bits per heavy atom. The van der Waals surface area contributed by atoms with Gasteiger partial charge in [-0.15, -0.1) is 0 Å². The Morgan fingerprint density at radius 1 is 0.969 bits per heavy atom. The maximum atomic E-state index is 12.8. The van der Waals surface area contributed by atoms with E-state index in [9.17, 15) is 27.9 Å². The highest BCUT2D eigenvalue weighted by atomic mass is 19.4. The summed E-state index contributed by atoms with van der Waals surface area (Å²) < 4.78 is 48.9. The van der Waals surface area contributed by atoms with Crippen molar-refractivity contribution in [1.82, 2.24) is 0 Å². The molecule has 1 aromatic heterocycles. The van der Waals surface area contributed by atoms with Crippen molar-refractivity contribution in [2.45, 2.75) is 6.18 Å². The van der Waals surface area contributed by atoms with Crippen molar-refractivity contribution >= 4 is 16.8 Å². The molecule has 8 heteroatoms. The number of alkyl halides is 3. The van der Waals surface area contributed by atoms with Gasteiger partial charge >= 0.3 is 6.18 Å². The Balaban J connectivity index is 1.50. The average Bonchev–Trinajstić information content (AvgIpc) is 2.78. The normalized spacial score (nSPS) is 11.5. The van der Waals surface area contributed by atoms with Gasteiger partial charge in [0.2, 0.25) is 0 Å². The predicted octanol–water partition coefficient (Wildman–Crippen LogP) is 5.45. The van der Waals surface area contributed by atoms with Crippen molar-refractivity contribution < 1.29 is 32.2 Å². The van der Waals surface area contributed by atoms with E-state index in [1.54, 1.807) is 12.1 Å². The SMILES string of the molecule is O=C(COc1ccc2c(=O)c(-c3ccc(O)cc3)coc2c1)c1ccc(C(F)(F)F)cc1. The van der Waals surface area contributed by atoms with E-state index in [2.05, 4.69) is 0 Å². The van der Waals surface area contributed by atoms with Crippen LogP contribution in [-0.4, -0.2) is 17.5 Å². The summed E-state index contributed by atoms with van der Waals surface area (Å²) in [6.07, 6.45) is -3.18. The van der Waals surface area contributed by atoms with Gasteiger partial charge in [0.05, 0.1) is 16.5 Å². The smallest absolute Gasteiger partial charge is 0.416 e. The molecule has 3 aromatic carbocycles. The first-order chi connectivity index (χ1) is 15.2. The fourth-order valence-corrected chi connectivity index (χ4v) is 3.12. The average molecular weight is 440 g/mol.